The molecule has 2 amide bonds. The van der Waals surface area contributed by atoms with Gasteiger partial charge in [0.15, 0.2) is 0 Å². The van der Waals surface area contributed by atoms with Crippen LogP contribution in [-0.4, -0.2) is 11.8 Å². The Morgan fingerprint density at radius 1 is 1.06 bits per heavy atom. The van der Waals surface area contributed by atoms with Gasteiger partial charge in [0.2, 0.25) is 0 Å². The molecule has 0 fully saturated rings. The molecule has 0 atom stereocenters. The van der Waals surface area contributed by atoms with Gasteiger partial charge < -0.3 is 5.32 Å². The smallest absolute Gasteiger partial charge is 0.263 e. The minimum Gasteiger partial charge on any atom is -0.362 e. The first-order valence-corrected chi connectivity index (χ1v) is 4.69. The molecule has 0 saturated heterocycles. The standard InChI is InChI=1S/C9H15N5O2/c1-4-6(8(15)13-10)3-7(5(2)12-4)9(16)14-11/h12H,3,10-11H2,1-2H3,(H,13,15)(H,14,16). The van der Waals surface area contributed by atoms with Crippen molar-refractivity contribution in [1.82, 2.24) is 16.2 Å². The number of hydrogen-bond acceptors (Lipinski definition) is 5. The molecule has 0 radical (unpaired) electrons. The second-order valence-electron chi connectivity index (χ2n) is 3.46. The van der Waals surface area contributed by atoms with E-state index in [1.807, 2.05) is 10.9 Å². The topological polar surface area (TPSA) is 122 Å². The Bertz CT molecular complexity index is 361. The van der Waals surface area contributed by atoms with Crippen LogP contribution in [-0.2, 0) is 9.59 Å². The largest absolute Gasteiger partial charge is 0.362 e. The highest BCUT2D eigenvalue weighted by molar-refractivity contribution is 6.00. The van der Waals surface area contributed by atoms with Crippen molar-refractivity contribution in [2.24, 2.45) is 11.7 Å². The minimum atomic E-state index is -0.417. The molecule has 1 rings (SSSR count). The summed E-state index contributed by atoms with van der Waals surface area (Å²) in [6, 6.07) is 0. The van der Waals surface area contributed by atoms with Crippen molar-refractivity contribution in [3.05, 3.63) is 22.5 Å². The molecule has 1 aliphatic rings. The van der Waals surface area contributed by atoms with E-state index in [1.165, 1.54) is 0 Å². The number of hydrogen-bond donors (Lipinski definition) is 5. The third-order valence-corrected chi connectivity index (χ3v) is 2.44. The first-order chi connectivity index (χ1) is 7.51. The Balaban J connectivity index is 2.99. The van der Waals surface area contributed by atoms with Crippen LogP contribution in [0.5, 0.6) is 0 Å². The fraction of sp³-hybridized carbons (Fsp3) is 0.333. The molecular weight excluding hydrogens is 210 g/mol. The Kier molecular flexibility index (Phi) is 3.64. The number of hydrazine groups is 2. The van der Waals surface area contributed by atoms with E-state index in [4.69, 9.17) is 11.7 Å². The number of carbonyl (C=O) groups is 2. The van der Waals surface area contributed by atoms with Crippen LogP contribution in [0.4, 0.5) is 0 Å². The van der Waals surface area contributed by atoms with Crippen molar-refractivity contribution >= 4 is 11.8 Å². The van der Waals surface area contributed by atoms with Crippen LogP contribution in [0.15, 0.2) is 22.5 Å². The van der Waals surface area contributed by atoms with Crippen molar-refractivity contribution in [2.45, 2.75) is 20.3 Å². The summed E-state index contributed by atoms with van der Waals surface area (Å²) in [7, 11) is 0. The van der Waals surface area contributed by atoms with Crippen molar-refractivity contribution in [3.8, 4) is 0 Å². The molecule has 7 nitrogen and oxygen atoms in total. The van der Waals surface area contributed by atoms with Crippen LogP contribution in [0, 0.1) is 0 Å². The molecule has 0 spiro atoms. The van der Waals surface area contributed by atoms with Gasteiger partial charge in [-0.15, -0.1) is 0 Å². The van der Waals surface area contributed by atoms with E-state index in [-0.39, 0.29) is 6.42 Å². The van der Waals surface area contributed by atoms with Crippen LogP contribution in [0.2, 0.25) is 0 Å². The summed E-state index contributed by atoms with van der Waals surface area (Å²) in [4.78, 5) is 22.8. The van der Waals surface area contributed by atoms with Crippen LogP contribution in [0.1, 0.15) is 20.3 Å². The molecule has 1 heterocycles. The number of amides is 2. The average Bonchev–Trinajstić information content (AvgIpc) is 2.27. The van der Waals surface area contributed by atoms with Crippen LogP contribution in [0.3, 0.4) is 0 Å². The quantitative estimate of drug-likeness (QED) is 0.222. The number of nitrogens with one attached hydrogen (secondary N) is 3. The van der Waals surface area contributed by atoms with Crippen LogP contribution in [0.25, 0.3) is 0 Å². The Morgan fingerprint density at radius 3 is 1.75 bits per heavy atom. The second kappa shape index (κ2) is 4.77. The van der Waals surface area contributed by atoms with E-state index >= 15 is 0 Å². The lowest BCUT2D eigenvalue weighted by Crippen LogP contribution is -2.38. The van der Waals surface area contributed by atoms with Gasteiger partial charge >= 0.3 is 0 Å². The number of carbonyl (C=O) groups excluding carboxylic acids is 2. The maximum atomic E-state index is 11.4. The van der Waals surface area contributed by atoms with Gasteiger partial charge in [-0.05, 0) is 13.8 Å². The van der Waals surface area contributed by atoms with Crippen LogP contribution < -0.4 is 27.9 Å². The summed E-state index contributed by atoms with van der Waals surface area (Å²) in [5, 5.41) is 2.94. The number of nitrogens with two attached hydrogens (primary N) is 2. The second-order valence-corrected chi connectivity index (χ2v) is 3.46. The molecule has 0 unspecified atom stereocenters. The number of rotatable bonds is 2. The third-order valence-electron chi connectivity index (χ3n) is 2.44. The molecule has 0 aliphatic carbocycles. The van der Waals surface area contributed by atoms with Crippen molar-refractivity contribution in [1.29, 1.82) is 0 Å². The monoisotopic (exact) mass is 225 g/mol. The zero-order valence-corrected chi connectivity index (χ0v) is 9.18. The predicted octanol–water partition coefficient (Wildman–Crippen LogP) is -1.49. The molecule has 0 aromatic rings. The van der Waals surface area contributed by atoms with E-state index in [1.54, 1.807) is 13.8 Å². The van der Waals surface area contributed by atoms with Gasteiger partial charge in [0.25, 0.3) is 11.8 Å². The molecule has 0 bridgehead atoms. The molecule has 0 aromatic carbocycles. The summed E-state index contributed by atoms with van der Waals surface area (Å²) in [6.45, 7) is 3.48. The molecule has 7 heteroatoms. The maximum absolute atomic E-state index is 11.4. The Labute approximate surface area is 92.9 Å². The summed E-state index contributed by atoms with van der Waals surface area (Å²) < 4.78 is 0. The summed E-state index contributed by atoms with van der Waals surface area (Å²) in [6.07, 6.45) is 0.205. The van der Waals surface area contributed by atoms with E-state index in [0.717, 1.165) is 0 Å². The fourth-order valence-corrected chi connectivity index (χ4v) is 1.55. The van der Waals surface area contributed by atoms with Crippen LogP contribution >= 0.6 is 0 Å². The molecule has 0 aromatic heterocycles. The van der Waals surface area contributed by atoms with Gasteiger partial charge in [0, 0.05) is 29.0 Å². The molecule has 88 valence electrons. The molecular formula is C9H15N5O2. The Hall–Kier alpha value is -1.86. The first-order valence-electron chi connectivity index (χ1n) is 4.69. The number of allylic oxidation sites excluding steroid dienone is 2. The average molecular weight is 225 g/mol. The lowest BCUT2D eigenvalue weighted by atomic mass is 9.97. The van der Waals surface area contributed by atoms with Gasteiger partial charge in [0.05, 0.1) is 0 Å². The van der Waals surface area contributed by atoms with Gasteiger partial charge in [0.1, 0.15) is 0 Å². The molecule has 1 aliphatic heterocycles. The van der Waals surface area contributed by atoms with E-state index in [2.05, 4.69) is 5.32 Å². The fourth-order valence-electron chi connectivity index (χ4n) is 1.55. The van der Waals surface area contributed by atoms with Crippen molar-refractivity contribution in [3.63, 3.8) is 0 Å². The lowest BCUT2D eigenvalue weighted by Gasteiger charge is -2.22. The van der Waals surface area contributed by atoms with Crippen molar-refractivity contribution < 1.29 is 9.59 Å². The molecule has 7 N–H and O–H groups in total. The Morgan fingerprint density at radius 2 is 1.44 bits per heavy atom. The summed E-state index contributed by atoms with van der Waals surface area (Å²) in [5.74, 6) is 9.27. The summed E-state index contributed by atoms with van der Waals surface area (Å²) in [5.41, 5.74) is 6.27. The zero-order valence-electron chi connectivity index (χ0n) is 9.18. The highest BCUT2D eigenvalue weighted by Crippen LogP contribution is 2.22. The molecule has 0 saturated carbocycles. The highest BCUT2D eigenvalue weighted by Gasteiger charge is 2.24. The van der Waals surface area contributed by atoms with Gasteiger partial charge in [-0.1, -0.05) is 0 Å². The van der Waals surface area contributed by atoms with Gasteiger partial charge in [-0.3, -0.25) is 20.4 Å². The van der Waals surface area contributed by atoms with Gasteiger partial charge in [-0.2, -0.15) is 0 Å². The highest BCUT2D eigenvalue weighted by atomic mass is 16.2. The normalized spacial score (nSPS) is 15.8. The SMILES string of the molecule is CC1=C(C(=O)NN)CC(C(=O)NN)=C(C)N1. The minimum absolute atomic E-state index is 0.205. The third kappa shape index (κ3) is 2.20. The number of dihydropyridines is 1. The first kappa shape index (κ1) is 12.2. The maximum Gasteiger partial charge on any atom is 0.263 e. The van der Waals surface area contributed by atoms with E-state index in [9.17, 15) is 9.59 Å². The van der Waals surface area contributed by atoms with E-state index < -0.39 is 11.8 Å². The predicted molar refractivity (Wildman–Crippen MR) is 57.8 cm³/mol. The zero-order chi connectivity index (χ0) is 12.3. The van der Waals surface area contributed by atoms with Crippen molar-refractivity contribution in [2.75, 3.05) is 0 Å². The molecule has 16 heavy (non-hydrogen) atoms. The summed E-state index contributed by atoms with van der Waals surface area (Å²) >= 11 is 0. The van der Waals surface area contributed by atoms with Gasteiger partial charge in [-0.25, -0.2) is 11.7 Å². The van der Waals surface area contributed by atoms with E-state index in [0.29, 0.717) is 22.5 Å². The lowest BCUT2D eigenvalue weighted by molar-refractivity contribution is -0.118.